The van der Waals surface area contributed by atoms with Crippen LogP contribution in [0.1, 0.15) is 55.3 Å². The lowest BCUT2D eigenvalue weighted by Crippen LogP contribution is -2.51. The van der Waals surface area contributed by atoms with E-state index in [2.05, 4.69) is 29.9 Å². The van der Waals surface area contributed by atoms with E-state index in [1.807, 2.05) is 11.3 Å². The maximum absolute atomic E-state index is 6.20. The summed E-state index contributed by atoms with van der Waals surface area (Å²) in [6.45, 7) is 7.86. The van der Waals surface area contributed by atoms with E-state index in [-0.39, 0.29) is 17.8 Å². The van der Waals surface area contributed by atoms with Crippen molar-refractivity contribution in [2.75, 3.05) is 13.1 Å². The van der Waals surface area contributed by atoms with Crippen molar-refractivity contribution in [1.82, 2.24) is 9.88 Å². The summed E-state index contributed by atoms with van der Waals surface area (Å²) in [5, 5.41) is 1.37. The molecule has 1 aliphatic heterocycles. The number of nitrogens with two attached hydrogens (primary N) is 1. The minimum Gasteiger partial charge on any atom is -0.327 e. The number of thiazole rings is 1. The van der Waals surface area contributed by atoms with Gasteiger partial charge in [0.05, 0.1) is 5.01 Å². The molecule has 1 atom stereocenters. The lowest BCUT2D eigenvalue weighted by Gasteiger charge is -2.42. The fourth-order valence-corrected chi connectivity index (χ4v) is 4.21. The summed E-state index contributed by atoms with van der Waals surface area (Å²) in [4.78, 5) is 8.59. The van der Waals surface area contributed by atoms with Crippen molar-refractivity contribution in [3.63, 3.8) is 0 Å². The number of halogens is 1. The molecule has 2 N–H and O–H groups in total. The molecule has 2 aliphatic rings. The second kappa shape index (κ2) is 6.30. The van der Waals surface area contributed by atoms with E-state index in [0.29, 0.717) is 6.04 Å². The standard InChI is InChI=1S/C15H25N3S.ClH/c1-15(2)10-18(7-6-13(15)16)9-12-8-17-14(19-12)11-4-3-5-11;/h8,11,13H,3-7,9-10,16H2,1-2H3;1H. The highest BCUT2D eigenvalue weighted by molar-refractivity contribution is 7.11. The topological polar surface area (TPSA) is 42.2 Å². The molecule has 0 aromatic carbocycles. The van der Waals surface area contributed by atoms with Crippen LogP contribution in [0.3, 0.4) is 0 Å². The first-order chi connectivity index (χ1) is 9.04. The zero-order valence-corrected chi connectivity index (χ0v) is 14.1. The number of likely N-dealkylation sites (tertiary alicyclic amines) is 1. The second-order valence-corrected chi connectivity index (χ2v) is 8.03. The zero-order valence-electron chi connectivity index (χ0n) is 12.5. The largest absolute Gasteiger partial charge is 0.327 e. The van der Waals surface area contributed by atoms with Crippen molar-refractivity contribution < 1.29 is 0 Å². The summed E-state index contributed by atoms with van der Waals surface area (Å²) in [5.74, 6) is 0.768. The fraction of sp³-hybridized carbons (Fsp3) is 0.800. The summed E-state index contributed by atoms with van der Waals surface area (Å²) in [6.07, 6.45) is 7.29. The van der Waals surface area contributed by atoms with Gasteiger partial charge in [0, 0.05) is 42.7 Å². The minimum atomic E-state index is 0. The molecule has 0 bridgehead atoms. The van der Waals surface area contributed by atoms with Crippen LogP contribution in [0.4, 0.5) is 0 Å². The quantitative estimate of drug-likeness (QED) is 0.929. The van der Waals surface area contributed by atoms with E-state index in [4.69, 9.17) is 5.73 Å². The number of piperidine rings is 1. The van der Waals surface area contributed by atoms with Crippen LogP contribution in [0.5, 0.6) is 0 Å². The van der Waals surface area contributed by atoms with Gasteiger partial charge in [0.25, 0.3) is 0 Å². The van der Waals surface area contributed by atoms with Gasteiger partial charge in [-0.3, -0.25) is 4.90 Å². The minimum absolute atomic E-state index is 0. The molecule has 1 aromatic rings. The molecule has 2 heterocycles. The van der Waals surface area contributed by atoms with Gasteiger partial charge in [-0.25, -0.2) is 4.98 Å². The van der Waals surface area contributed by atoms with E-state index in [9.17, 15) is 0 Å². The molecule has 1 saturated carbocycles. The molecular formula is C15H26ClN3S. The molecule has 20 heavy (non-hydrogen) atoms. The predicted molar refractivity (Wildman–Crippen MR) is 87.6 cm³/mol. The molecule has 3 nitrogen and oxygen atoms in total. The van der Waals surface area contributed by atoms with Gasteiger partial charge in [0.2, 0.25) is 0 Å². The summed E-state index contributed by atoms with van der Waals surface area (Å²) >= 11 is 1.93. The van der Waals surface area contributed by atoms with Gasteiger partial charge in [0.15, 0.2) is 0 Å². The smallest absolute Gasteiger partial charge is 0.0959 e. The first kappa shape index (κ1) is 16.2. The zero-order chi connectivity index (χ0) is 13.5. The van der Waals surface area contributed by atoms with Crippen molar-refractivity contribution in [3.05, 3.63) is 16.1 Å². The number of aromatic nitrogens is 1. The fourth-order valence-electron chi connectivity index (χ4n) is 3.08. The lowest BCUT2D eigenvalue weighted by molar-refractivity contribution is 0.0906. The monoisotopic (exact) mass is 315 g/mol. The van der Waals surface area contributed by atoms with Gasteiger partial charge in [0.1, 0.15) is 0 Å². The van der Waals surface area contributed by atoms with E-state index in [0.717, 1.165) is 32.0 Å². The number of nitrogens with zero attached hydrogens (tertiary/aromatic N) is 2. The van der Waals surface area contributed by atoms with E-state index in [1.54, 1.807) is 0 Å². The van der Waals surface area contributed by atoms with Crippen LogP contribution in [-0.4, -0.2) is 29.0 Å². The van der Waals surface area contributed by atoms with Crippen molar-refractivity contribution in [3.8, 4) is 0 Å². The molecule has 3 rings (SSSR count). The Hall–Kier alpha value is -0.160. The van der Waals surface area contributed by atoms with Crippen LogP contribution in [0.15, 0.2) is 6.20 Å². The van der Waals surface area contributed by atoms with Crippen LogP contribution in [0, 0.1) is 5.41 Å². The predicted octanol–water partition coefficient (Wildman–Crippen LogP) is 3.39. The SMILES string of the molecule is CC1(C)CN(Cc2cnc(C3CCC3)s2)CCC1N.Cl. The average Bonchev–Trinajstić information content (AvgIpc) is 2.69. The first-order valence-electron chi connectivity index (χ1n) is 7.47. The third-order valence-electron chi connectivity index (χ3n) is 4.80. The normalized spacial score (nSPS) is 26.9. The molecule has 0 spiro atoms. The Balaban J connectivity index is 0.00000147. The Morgan fingerprint density at radius 1 is 1.40 bits per heavy atom. The average molecular weight is 316 g/mol. The molecule has 2 fully saturated rings. The van der Waals surface area contributed by atoms with E-state index >= 15 is 0 Å². The molecular weight excluding hydrogens is 290 g/mol. The Morgan fingerprint density at radius 2 is 2.15 bits per heavy atom. The van der Waals surface area contributed by atoms with E-state index < -0.39 is 0 Å². The maximum Gasteiger partial charge on any atom is 0.0959 e. The maximum atomic E-state index is 6.20. The molecule has 0 amide bonds. The lowest BCUT2D eigenvalue weighted by atomic mass is 9.80. The Bertz CT molecular complexity index is 442. The Morgan fingerprint density at radius 3 is 2.75 bits per heavy atom. The van der Waals surface area contributed by atoms with E-state index in [1.165, 1.54) is 29.1 Å². The highest BCUT2D eigenvalue weighted by Gasteiger charge is 2.33. The number of hydrogen-bond acceptors (Lipinski definition) is 4. The van der Waals surface area contributed by atoms with Crippen LogP contribution in [0.2, 0.25) is 0 Å². The summed E-state index contributed by atoms with van der Waals surface area (Å²) < 4.78 is 0. The molecule has 0 radical (unpaired) electrons. The van der Waals surface area contributed by atoms with Crippen LogP contribution in [0.25, 0.3) is 0 Å². The van der Waals surface area contributed by atoms with Crippen molar-refractivity contribution >= 4 is 23.7 Å². The van der Waals surface area contributed by atoms with Crippen molar-refractivity contribution in [1.29, 1.82) is 0 Å². The number of hydrogen-bond donors (Lipinski definition) is 1. The molecule has 114 valence electrons. The molecule has 1 saturated heterocycles. The Labute approximate surface area is 132 Å². The van der Waals surface area contributed by atoms with Gasteiger partial charge in [-0.05, 0) is 24.7 Å². The van der Waals surface area contributed by atoms with Gasteiger partial charge in [-0.15, -0.1) is 23.7 Å². The third kappa shape index (κ3) is 3.35. The summed E-state index contributed by atoms with van der Waals surface area (Å²) in [7, 11) is 0. The highest BCUT2D eigenvalue weighted by atomic mass is 35.5. The molecule has 1 unspecified atom stereocenters. The first-order valence-corrected chi connectivity index (χ1v) is 8.29. The van der Waals surface area contributed by atoms with Gasteiger partial charge < -0.3 is 5.73 Å². The van der Waals surface area contributed by atoms with Crippen molar-refractivity contribution in [2.45, 2.75) is 58.0 Å². The third-order valence-corrected chi connectivity index (χ3v) is 5.94. The molecule has 1 aromatic heterocycles. The van der Waals surface area contributed by atoms with Crippen LogP contribution in [-0.2, 0) is 6.54 Å². The van der Waals surface area contributed by atoms with Crippen molar-refractivity contribution in [2.24, 2.45) is 11.1 Å². The molecule has 1 aliphatic carbocycles. The Kier molecular flexibility index (Phi) is 5.11. The van der Waals surface area contributed by atoms with Gasteiger partial charge in [-0.2, -0.15) is 0 Å². The number of rotatable bonds is 3. The summed E-state index contributed by atoms with van der Waals surface area (Å²) in [5.41, 5.74) is 6.44. The second-order valence-electron chi connectivity index (χ2n) is 6.89. The summed E-state index contributed by atoms with van der Waals surface area (Å²) in [6, 6.07) is 0.343. The van der Waals surface area contributed by atoms with Gasteiger partial charge in [-0.1, -0.05) is 20.3 Å². The highest BCUT2D eigenvalue weighted by Crippen LogP contribution is 2.38. The van der Waals surface area contributed by atoms with Crippen LogP contribution >= 0.6 is 23.7 Å². The van der Waals surface area contributed by atoms with Crippen LogP contribution < -0.4 is 5.73 Å². The van der Waals surface area contributed by atoms with Gasteiger partial charge >= 0.3 is 0 Å². The molecule has 5 heteroatoms.